The SMILES string of the molecule is C/C=C(\C)c1cc(C)ccc1C. The van der Waals surface area contributed by atoms with E-state index in [1.165, 1.54) is 22.3 Å². The highest BCUT2D eigenvalue weighted by atomic mass is 14.0. The van der Waals surface area contributed by atoms with Crippen molar-refractivity contribution in [3.63, 3.8) is 0 Å². The van der Waals surface area contributed by atoms with Crippen molar-refractivity contribution < 1.29 is 0 Å². The molecule has 0 aliphatic carbocycles. The molecule has 0 saturated heterocycles. The zero-order chi connectivity index (χ0) is 9.14. The standard InChI is InChI=1S/C12H16/c1-5-10(3)12-8-9(2)6-7-11(12)4/h5-8H,1-4H3/b10-5+. The molecule has 0 saturated carbocycles. The van der Waals surface area contributed by atoms with Gasteiger partial charge >= 0.3 is 0 Å². The molecule has 64 valence electrons. The molecule has 1 rings (SSSR count). The predicted molar refractivity (Wildman–Crippen MR) is 55.2 cm³/mol. The van der Waals surface area contributed by atoms with Gasteiger partial charge in [-0.3, -0.25) is 0 Å². The summed E-state index contributed by atoms with van der Waals surface area (Å²) >= 11 is 0. The van der Waals surface area contributed by atoms with Crippen molar-refractivity contribution in [3.05, 3.63) is 41.0 Å². The minimum absolute atomic E-state index is 1.33. The summed E-state index contributed by atoms with van der Waals surface area (Å²) in [6.07, 6.45) is 2.15. The molecule has 0 spiro atoms. The third kappa shape index (κ3) is 1.76. The normalized spacial score (nSPS) is 11.8. The lowest BCUT2D eigenvalue weighted by Crippen LogP contribution is -1.86. The molecule has 0 aliphatic heterocycles. The van der Waals surface area contributed by atoms with Crippen LogP contribution in [-0.2, 0) is 0 Å². The molecule has 12 heavy (non-hydrogen) atoms. The molecule has 0 amide bonds. The minimum atomic E-state index is 1.33. The van der Waals surface area contributed by atoms with E-state index >= 15 is 0 Å². The maximum Gasteiger partial charge on any atom is -0.0199 e. The van der Waals surface area contributed by atoms with Crippen LogP contribution in [0.25, 0.3) is 5.57 Å². The van der Waals surface area contributed by atoms with Crippen LogP contribution in [0.3, 0.4) is 0 Å². The monoisotopic (exact) mass is 160 g/mol. The summed E-state index contributed by atoms with van der Waals surface area (Å²) in [4.78, 5) is 0. The van der Waals surface area contributed by atoms with Crippen molar-refractivity contribution in [3.8, 4) is 0 Å². The van der Waals surface area contributed by atoms with Crippen LogP contribution in [0.1, 0.15) is 30.5 Å². The zero-order valence-corrected chi connectivity index (χ0v) is 8.31. The molecule has 0 fully saturated rings. The van der Waals surface area contributed by atoms with Gasteiger partial charge in [-0.1, -0.05) is 29.8 Å². The smallest absolute Gasteiger partial charge is 0.0199 e. The Kier molecular flexibility index (Phi) is 2.69. The van der Waals surface area contributed by atoms with Crippen molar-refractivity contribution >= 4 is 5.57 Å². The summed E-state index contributed by atoms with van der Waals surface area (Å²) in [5.41, 5.74) is 5.42. The first-order chi connectivity index (χ1) is 5.65. The van der Waals surface area contributed by atoms with Crippen LogP contribution < -0.4 is 0 Å². The van der Waals surface area contributed by atoms with E-state index in [4.69, 9.17) is 0 Å². The molecule has 1 aromatic carbocycles. The highest BCUT2D eigenvalue weighted by molar-refractivity contribution is 5.66. The van der Waals surface area contributed by atoms with Crippen LogP contribution >= 0.6 is 0 Å². The topological polar surface area (TPSA) is 0 Å². The quantitative estimate of drug-likeness (QED) is 0.587. The molecule has 0 nitrogen and oxygen atoms in total. The van der Waals surface area contributed by atoms with Crippen molar-refractivity contribution in [1.82, 2.24) is 0 Å². The van der Waals surface area contributed by atoms with Crippen LogP contribution in [0.2, 0.25) is 0 Å². The summed E-state index contributed by atoms with van der Waals surface area (Å²) in [6, 6.07) is 6.57. The molecular formula is C12H16. The zero-order valence-electron chi connectivity index (χ0n) is 8.31. The first-order valence-electron chi connectivity index (χ1n) is 4.35. The van der Waals surface area contributed by atoms with Crippen LogP contribution in [-0.4, -0.2) is 0 Å². The Morgan fingerprint density at radius 3 is 2.50 bits per heavy atom. The third-order valence-corrected chi connectivity index (χ3v) is 2.25. The largest absolute Gasteiger partial charge is 0.0841 e. The lowest BCUT2D eigenvalue weighted by Gasteiger charge is -2.06. The number of allylic oxidation sites excluding steroid dienone is 2. The molecule has 0 aliphatic rings. The lowest BCUT2D eigenvalue weighted by molar-refractivity contribution is 1.35. The van der Waals surface area contributed by atoms with E-state index in [9.17, 15) is 0 Å². The number of rotatable bonds is 1. The average Bonchev–Trinajstić information content (AvgIpc) is 2.08. The van der Waals surface area contributed by atoms with E-state index in [0.29, 0.717) is 0 Å². The van der Waals surface area contributed by atoms with Gasteiger partial charge in [-0.05, 0) is 44.4 Å². The minimum Gasteiger partial charge on any atom is -0.0841 e. The molecule has 0 bridgehead atoms. The van der Waals surface area contributed by atoms with Gasteiger partial charge in [-0.25, -0.2) is 0 Å². The van der Waals surface area contributed by atoms with Crippen molar-refractivity contribution in [1.29, 1.82) is 0 Å². The molecule has 0 aromatic heterocycles. The molecule has 0 heterocycles. The maximum absolute atomic E-state index is 2.24. The van der Waals surface area contributed by atoms with Gasteiger partial charge in [0.15, 0.2) is 0 Å². The lowest BCUT2D eigenvalue weighted by atomic mass is 9.99. The van der Waals surface area contributed by atoms with Crippen molar-refractivity contribution in [2.75, 3.05) is 0 Å². The Balaban J connectivity index is 3.23. The number of hydrogen-bond acceptors (Lipinski definition) is 0. The Hall–Kier alpha value is -1.04. The van der Waals surface area contributed by atoms with E-state index in [0.717, 1.165) is 0 Å². The number of hydrogen-bond donors (Lipinski definition) is 0. The van der Waals surface area contributed by atoms with Gasteiger partial charge < -0.3 is 0 Å². The van der Waals surface area contributed by atoms with Crippen molar-refractivity contribution in [2.45, 2.75) is 27.7 Å². The molecule has 0 N–H and O–H groups in total. The summed E-state index contributed by atoms with van der Waals surface area (Å²) in [7, 11) is 0. The van der Waals surface area contributed by atoms with Gasteiger partial charge in [-0.2, -0.15) is 0 Å². The molecule has 0 atom stereocenters. The molecule has 0 radical (unpaired) electrons. The highest BCUT2D eigenvalue weighted by Gasteiger charge is 1.98. The molecular weight excluding hydrogens is 144 g/mol. The van der Waals surface area contributed by atoms with Gasteiger partial charge in [0.2, 0.25) is 0 Å². The fourth-order valence-corrected chi connectivity index (χ4v) is 1.32. The van der Waals surface area contributed by atoms with E-state index < -0.39 is 0 Å². The molecule has 0 heteroatoms. The second-order valence-corrected chi connectivity index (χ2v) is 3.29. The summed E-state index contributed by atoms with van der Waals surface area (Å²) in [5.74, 6) is 0. The van der Waals surface area contributed by atoms with Crippen LogP contribution in [0, 0.1) is 13.8 Å². The van der Waals surface area contributed by atoms with Gasteiger partial charge in [0.25, 0.3) is 0 Å². The highest BCUT2D eigenvalue weighted by Crippen LogP contribution is 2.19. The van der Waals surface area contributed by atoms with Gasteiger partial charge in [-0.15, -0.1) is 0 Å². The second kappa shape index (κ2) is 3.57. The second-order valence-electron chi connectivity index (χ2n) is 3.29. The molecule has 0 unspecified atom stereocenters. The summed E-state index contributed by atoms with van der Waals surface area (Å²) in [6.45, 7) is 8.52. The van der Waals surface area contributed by atoms with Gasteiger partial charge in [0.05, 0.1) is 0 Å². The van der Waals surface area contributed by atoms with E-state index in [2.05, 4.69) is 52.0 Å². The first-order valence-corrected chi connectivity index (χ1v) is 4.35. The molecule has 1 aromatic rings. The maximum atomic E-state index is 2.24. The predicted octanol–water partition coefficient (Wildman–Crippen LogP) is 3.73. The average molecular weight is 160 g/mol. The van der Waals surface area contributed by atoms with Crippen LogP contribution in [0.5, 0.6) is 0 Å². The Bertz CT molecular complexity index is 306. The van der Waals surface area contributed by atoms with Crippen molar-refractivity contribution in [2.24, 2.45) is 0 Å². The van der Waals surface area contributed by atoms with Gasteiger partial charge in [0.1, 0.15) is 0 Å². The number of benzene rings is 1. The van der Waals surface area contributed by atoms with Gasteiger partial charge in [0, 0.05) is 0 Å². The summed E-state index contributed by atoms with van der Waals surface area (Å²) < 4.78 is 0. The van der Waals surface area contributed by atoms with E-state index in [-0.39, 0.29) is 0 Å². The fraction of sp³-hybridized carbons (Fsp3) is 0.333. The van der Waals surface area contributed by atoms with Crippen LogP contribution in [0.4, 0.5) is 0 Å². The fourth-order valence-electron chi connectivity index (χ4n) is 1.32. The van der Waals surface area contributed by atoms with E-state index in [1.807, 2.05) is 0 Å². The Labute approximate surface area is 74.9 Å². The Morgan fingerprint density at radius 2 is 1.92 bits per heavy atom. The number of aryl methyl sites for hydroxylation is 2. The van der Waals surface area contributed by atoms with Crippen LogP contribution in [0.15, 0.2) is 24.3 Å². The third-order valence-electron chi connectivity index (χ3n) is 2.25. The first kappa shape index (κ1) is 9.05. The Morgan fingerprint density at radius 1 is 1.25 bits per heavy atom. The van der Waals surface area contributed by atoms with E-state index in [1.54, 1.807) is 0 Å². The summed E-state index contributed by atoms with van der Waals surface area (Å²) in [5, 5.41) is 0.